The summed E-state index contributed by atoms with van der Waals surface area (Å²) in [6, 6.07) is 6.98. The lowest BCUT2D eigenvalue weighted by atomic mass is 10.2. The van der Waals surface area contributed by atoms with E-state index in [1.54, 1.807) is 31.2 Å². The molecule has 0 aliphatic rings. The van der Waals surface area contributed by atoms with Gasteiger partial charge in [-0.15, -0.1) is 0 Å². The van der Waals surface area contributed by atoms with Crippen molar-refractivity contribution in [1.82, 2.24) is 23.1 Å². The molecule has 0 radical (unpaired) electrons. The molecule has 0 saturated heterocycles. The van der Waals surface area contributed by atoms with Gasteiger partial charge in [-0.1, -0.05) is 30.7 Å². The molecule has 0 amide bonds. The Bertz CT molecular complexity index is 1460. The second kappa shape index (κ2) is 6.63. The number of nitrogens with zero attached hydrogens (tertiary/aromatic N) is 5. The van der Waals surface area contributed by atoms with Crippen LogP contribution < -0.4 is 16.8 Å². The molecule has 29 heavy (non-hydrogen) atoms. The highest BCUT2D eigenvalue weighted by atomic mass is 35.5. The van der Waals surface area contributed by atoms with Crippen LogP contribution in [0.2, 0.25) is 5.02 Å². The zero-order valence-electron chi connectivity index (χ0n) is 16.0. The average Bonchev–Trinajstić information content (AvgIpc) is 3.11. The Morgan fingerprint density at radius 2 is 1.69 bits per heavy atom. The van der Waals surface area contributed by atoms with Gasteiger partial charge in [0.2, 0.25) is 11.7 Å². The molecule has 0 atom stereocenters. The lowest BCUT2D eigenvalue weighted by Gasteiger charge is -2.12. The lowest BCUT2D eigenvalue weighted by molar-refractivity contribution is 0.435. The van der Waals surface area contributed by atoms with Crippen LogP contribution in [-0.4, -0.2) is 28.2 Å². The standard InChI is InChI=1S/C19H18ClN5O4/c1-4-12-15(26)24(9-10-5-7-11(20)8-6-10)18-21-14-13(25(18)16(12)27)17(28)23(3)19(29)22(14)2/h5-8,27H,4,9H2,1-3H3. The summed E-state index contributed by atoms with van der Waals surface area (Å²) >= 11 is 5.94. The summed E-state index contributed by atoms with van der Waals surface area (Å²) in [7, 11) is 2.83. The van der Waals surface area contributed by atoms with E-state index >= 15 is 0 Å². The molecule has 4 rings (SSSR count). The predicted molar refractivity (Wildman–Crippen MR) is 109 cm³/mol. The molecule has 0 saturated carbocycles. The Morgan fingerprint density at radius 3 is 2.31 bits per heavy atom. The normalized spacial score (nSPS) is 11.6. The predicted octanol–water partition coefficient (Wildman–Crippen LogP) is 1.02. The van der Waals surface area contributed by atoms with E-state index in [1.165, 1.54) is 27.6 Å². The minimum absolute atomic E-state index is 0.0293. The zero-order valence-corrected chi connectivity index (χ0v) is 16.8. The Hall–Kier alpha value is -3.33. The number of hydrogen-bond acceptors (Lipinski definition) is 5. The van der Waals surface area contributed by atoms with Crippen LogP contribution in [0.5, 0.6) is 5.88 Å². The van der Waals surface area contributed by atoms with Crippen molar-refractivity contribution < 1.29 is 5.11 Å². The van der Waals surface area contributed by atoms with Crippen LogP contribution in [0.25, 0.3) is 16.9 Å². The minimum atomic E-state index is -0.607. The molecule has 4 aromatic rings. The van der Waals surface area contributed by atoms with Crippen LogP contribution in [0, 0.1) is 0 Å². The smallest absolute Gasteiger partial charge is 0.332 e. The molecule has 0 aliphatic carbocycles. The summed E-state index contributed by atoms with van der Waals surface area (Å²) in [5, 5.41) is 11.3. The Balaban J connectivity index is 2.19. The number of rotatable bonds is 3. The fourth-order valence-electron chi connectivity index (χ4n) is 3.47. The average molecular weight is 416 g/mol. The highest BCUT2D eigenvalue weighted by molar-refractivity contribution is 6.30. The van der Waals surface area contributed by atoms with Gasteiger partial charge in [0, 0.05) is 19.1 Å². The summed E-state index contributed by atoms with van der Waals surface area (Å²) in [5.41, 5.74) is -0.504. The van der Waals surface area contributed by atoms with Gasteiger partial charge in [0.15, 0.2) is 11.2 Å². The summed E-state index contributed by atoms with van der Waals surface area (Å²) in [6.45, 7) is 1.90. The number of benzene rings is 1. The van der Waals surface area contributed by atoms with Gasteiger partial charge >= 0.3 is 5.69 Å². The van der Waals surface area contributed by atoms with Crippen LogP contribution in [0.4, 0.5) is 0 Å². The number of aromatic nitrogens is 5. The highest BCUT2D eigenvalue weighted by Gasteiger charge is 2.23. The van der Waals surface area contributed by atoms with Crippen molar-refractivity contribution in [2.24, 2.45) is 14.1 Å². The largest absolute Gasteiger partial charge is 0.494 e. The first-order chi connectivity index (χ1) is 13.8. The van der Waals surface area contributed by atoms with Gasteiger partial charge in [0.25, 0.3) is 11.1 Å². The maximum Gasteiger partial charge on any atom is 0.332 e. The minimum Gasteiger partial charge on any atom is -0.494 e. The van der Waals surface area contributed by atoms with E-state index in [9.17, 15) is 19.5 Å². The molecule has 1 aromatic carbocycles. The number of imidazole rings is 1. The van der Waals surface area contributed by atoms with Crippen molar-refractivity contribution in [2.75, 3.05) is 0 Å². The quantitative estimate of drug-likeness (QED) is 0.538. The summed E-state index contributed by atoms with van der Waals surface area (Å²) in [5.74, 6) is -0.272. The highest BCUT2D eigenvalue weighted by Crippen LogP contribution is 2.22. The van der Waals surface area contributed by atoms with E-state index < -0.39 is 16.8 Å². The fraction of sp³-hybridized carbons (Fsp3) is 0.263. The van der Waals surface area contributed by atoms with Gasteiger partial charge in [-0.2, -0.15) is 4.98 Å². The van der Waals surface area contributed by atoms with Crippen LogP contribution >= 0.6 is 11.6 Å². The van der Waals surface area contributed by atoms with Crippen LogP contribution in [0.15, 0.2) is 38.6 Å². The molecule has 3 heterocycles. The van der Waals surface area contributed by atoms with Crippen LogP contribution in [-0.2, 0) is 27.1 Å². The van der Waals surface area contributed by atoms with Crippen molar-refractivity contribution in [3.8, 4) is 5.88 Å². The lowest BCUT2D eigenvalue weighted by Crippen LogP contribution is -2.37. The molecule has 0 bridgehead atoms. The van der Waals surface area contributed by atoms with Gasteiger partial charge in [-0.25, -0.2) is 9.20 Å². The van der Waals surface area contributed by atoms with Gasteiger partial charge in [-0.05, 0) is 24.1 Å². The van der Waals surface area contributed by atoms with Crippen molar-refractivity contribution in [1.29, 1.82) is 0 Å². The molecule has 0 fully saturated rings. The fourth-order valence-corrected chi connectivity index (χ4v) is 3.60. The number of aryl methyl sites for hydroxylation is 1. The van der Waals surface area contributed by atoms with E-state index in [0.717, 1.165) is 10.1 Å². The third kappa shape index (κ3) is 2.69. The number of halogens is 1. The Kier molecular flexibility index (Phi) is 4.34. The third-order valence-electron chi connectivity index (χ3n) is 5.07. The second-order valence-electron chi connectivity index (χ2n) is 6.80. The summed E-state index contributed by atoms with van der Waals surface area (Å²) < 4.78 is 4.78. The molecular formula is C19H18ClN5O4. The van der Waals surface area contributed by atoms with Crippen molar-refractivity contribution in [3.05, 3.63) is 71.6 Å². The second-order valence-corrected chi connectivity index (χ2v) is 7.24. The first-order valence-corrected chi connectivity index (χ1v) is 9.31. The number of fused-ring (bicyclic) bond motifs is 3. The van der Waals surface area contributed by atoms with E-state index in [0.29, 0.717) is 5.02 Å². The molecule has 10 heteroatoms. The van der Waals surface area contributed by atoms with E-state index in [2.05, 4.69) is 4.98 Å². The van der Waals surface area contributed by atoms with Gasteiger partial charge in [0.05, 0.1) is 12.1 Å². The Morgan fingerprint density at radius 1 is 1.03 bits per heavy atom. The molecular weight excluding hydrogens is 398 g/mol. The number of hydrogen-bond donors (Lipinski definition) is 1. The van der Waals surface area contributed by atoms with Gasteiger partial charge in [0.1, 0.15) is 0 Å². The number of aromatic hydroxyl groups is 1. The SMILES string of the molecule is CCc1c(O)n2c3c(=O)n(C)c(=O)n(C)c3nc2n(Cc2ccc(Cl)cc2)c1=O. The first-order valence-electron chi connectivity index (χ1n) is 8.93. The maximum atomic E-state index is 13.1. The Labute approximate surface area is 168 Å². The molecule has 0 unspecified atom stereocenters. The van der Waals surface area contributed by atoms with Crippen LogP contribution in [0.3, 0.4) is 0 Å². The zero-order chi connectivity index (χ0) is 21.0. The summed E-state index contributed by atoms with van der Waals surface area (Å²) in [6.07, 6.45) is 0.257. The molecule has 150 valence electrons. The van der Waals surface area contributed by atoms with E-state index in [-0.39, 0.29) is 41.4 Å². The van der Waals surface area contributed by atoms with Crippen molar-refractivity contribution in [2.45, 2.75) is 19.9 Å². The topological polar surface area (TPSA) is 104 Å². The first kappa shape index (κ1) is 19.0. The molecule has 9 nitrogen and oxygen atoms in total. The molecule has 1 N–H and O–H groups in total. The molecule has 0 spiro atoms. The van der Waals surface area contributed by atoms with Gasteiger partial charge < -0.3 is 5.11 Å². The summed E-state index contributed by atoms with van der Waals surface area (Å²) in [4.78, 5) is 42.5. The molecule has 0 aliphatic heterocycles. The van der Waals surface area contributed by atoms with E-state index in [4.69, 9.17) is 11.6 Å². The monoisotopic (exact) mass is 415 g/mol. The van der Waals surface area contributed by atoms with Crippen molar-refractivity contribution >= 4 is 28.5 Å². The molecule has 3 aromatic heterocycles. The maximum absolute atomic E-state index is 13.1. The third-order valence-corrected chi connectivity index (χ3v) is 5.33. The van der Waals surface area contributed by atoms with Gasteiger partial charge in [-0.3, -0.25) is 23.3 Å². The van der Waals surface area contributed by atoms with Crippen LogP contribution in [0.1, 0.15) is 18.1 Å². The van der Waals surface area contributed by atoms with Crippen molar-refractivity contribution in [3.63, 3.8) is 0 Å². The van der Waals surface area contributed by atoms with E-state index in [1.807, 2.05) is 0 Å².